The fourth-order valence-corrected chi connectivity index (χ4v) is 4.64. The van der Waals surface area contributed by atoms with Gasteiger partial charge in [0.1, 0.15) is 11.2 Å². The molecule has 2 aliphatic heterocycles. The van der Waals surface area contributed by atoms with Crippen LogP contribution in [-0.4, -0.2) is 46.7 Å². The Morgan fingerprint density at radius 3 is 2.88 bits per heavy atom. The molecule has 0 spiro atoms. The van der Waals surface area contributed by atoms with Gasteiger partial charge < -0.3 is 15.0 Å². The number of nitrogens with one attached hydrogen (secondary N) is 1. The molecule has 5 rings (SSSR count). The van der Waals surface area contributed by atoms with Crippen LogP contribution in [0.1, 0.15) is 29.5 Å². The molecule has 1 saturated heterocycles. The summed E-state index contributed by atoms with van der Waals surface area (Å²) in [6.45, 7) is 1.98. The first-order chi connectivity index (χ1) is 16.6. The summed E-state index contributed by atoms with van der Waals surface area (Å²) in [6, 6.07) is 11.7. The summed E-state index contributed by atoms with van der Waals surface area (Å²) in [5.41, 5.74) is 4.31. The number of carbonyl (C=O) groups is 1. The average Bonchev–Trinajstić information content (AvgIpc) is 3.30. The Balaban J connectivity index is 1.40. The maximum atomic E-state index is 13.1. The van der Waals surface area contributed by atoms with E-state index < -0.39 is 0 Å². The number of hydrogen-bond acceptors (Lipinski definition) is 7. The van der Waals surface area contributed by atoms with Crippen molar-refractivity contribution in [2.24, 2.45) is 0 Å². The zero-order valence-electron chi connectivity index (χ0n) is 18.5. The molecular weight excluding hydrogens is 452 g/mol. The smallest absolute Gasteiger partial charge is 0.231 e. The summed E-state index contributed by atoms with van der Waals surface area (Å²) >= 11 is 6.14. The van der Waals surface area contributed by atoms with Crippen LogP contribution in [0.15, 0.2) is 42.7 Å². The van der Waals surface area contributed by atoms with Crippen LogP contribution in [0, 0.1) is 11.3 Å². The number of anilines is 2. The van der Waals surface area contributed by atoms with Crippen molar-refractivity contribution >= 4 is 29.1 Å². The molecule has 9 heteroatoms. The number of hydrogen-bond donors (Lipinski definition) is 1. The van der Waals surface area contributed by atoms with Gasteiger partial charge in [0.25, 0.3) is 0 Å². The maximum absolute atomic E-state index is 13.1. The fourth-order valence-electron chi connectivity index (χ4n) is 4.45. The third-order valence-electron chi connectivity index (χ3n) is 6.17. The van der Waals surface area contributed by atoms with Gasteiger partial charge >= 0.3 is 0 Å². The van der Waals surface area contributed by atoms with E-state index in [2.05, 4.69) is 26.3 Å². The zero-order valence-corrected chi connectivity index (χ0v) is 19.3. The number of rotatable bonds is 5. The number of carbonyl (C=O) groups excluding carboxylic acids is 1. The van der Waals surface area contributed by atoms with Gasteiger partial charge in [-0.3, -0.25) is 4.79 Å². The lowest BCUT2D eigenvalue weighted by Crippen LogP contribution is -2.31. The first kappa shape index (κ1) is 22.3. The van der Waals surface area contributed by atoms with Crippen LogP contribution < -0.4 is 10.2 Å². The highest BCUT2D eigenvalue weighted by Gasteiger charge is 2.29. The topological polar surface area (TPSA) is 104 Å². The summed E-state index contributed by atoms with van der Waals surface area (Å²) in [6.07, 6.45) is 5.94. The van der Waals surface area contributed by atoms with Crippen LogP contribution >= 0.6 is 11.6 Å². The van der Waals surface area contributed by atoms with E-state index in [1.165, 1.54) is 0 Å². The van der Waals surface area contributed by atoms with Crippen LogP contribution in [0.25, 0.3) is 11.3 Å². The van der Waals surface area contributed by atoms with E-state index in [1.54, 1.807) is 35.5 Å². The Kier molecular flexibility index (Phi) is 6.39. The fraction of sp³-hybridized carbons (Fsp3) is 0.320. The summed E-state index contributed by atoms with van der Waals surface area (Å²) in [4.78, 5) is 27.8. The third kappa shape index (κ3) is 4.58. The summed E-state index contributed by atoms with van der Waals surface area (Å²) in [7, 11) is 0. The molecule has 0 saturated carbocycles. The lowest BCUT2D eigenvalue weighted by atomic mass is 10.0. The van der Waals surface area contributed by atoms with Gasteiger partial charge in [0, 0.05) is 43.8 Å². The highest BCUT2D eigenvalue weighted by molar-refractivity contribution is 6.30. The normalized spacial score (nSPS) is 15.6. The summed E-state index contributed by atoms with van der Waals surface area (Å²) in [5, 5.41) is 13.6. The second-order valence-corrected chi connectivity index (χ2v) is 8.72. The van der Waals surface area contributed by atoms with Crippen molar-refractivity contribution in [3.63, 3.8) is 0 Å². The first-order valence-corrected chi connectivity index (χ1v) is 11.6. The quantitative estimate of drug-likeness (QED) is 0.561. The minimum atomic E-state index is -0.108. The van der Waals surface area contributed by atoms with Crippen LogP contribution in [0.4, 0.5) is 11.6 Å². The van der Waals surface area contributed by atoms with E-state index in [4.69, 9.17) is 16.3 Å². The van der Waals surface area contributed by atoms with Gasteiger partial charge in [0.2, 0.25) is 11.9 Å². The monoisotopic (exact) mass is 474 g/mol. The van der Waals surface area contributed by atoms with Gasteiger partial charge in [-0.15, -0.1) is 0 Å². The Bertz CT molecular complexity index is 1270. The molecular formula is C25H23ClN6O2. The van der Waals surface area contributed by atoms with E-state index >= 15 is 0 Å². The van der Waals surface area contributed by atoms with Crippen molar-refractivity contribution in [2.75, 3.05) is 30.0 Å². The molecule has 2 aliphatic rings. The molecule has 34 heavy (non-hydrogen) atoms. The standard InChI is InChI=1S/C25H23ClN6O2/c26-24-17(2-1-7-28-24)14-22(33)32-9-4-16-12-18(13-19(15-27)23(16)32)21-3-8-29-25(31-21)30-20-5-10-34-11-6-20/h1-3,7-8,12-13,20H,4-6,9-11,14H2,(H,29,30,31). The minimum absolute atomic E-state index is 0.108. The highest BCUT2D eigenvalue weighted by Crippen LogP contribution is 2.36. The number of pyridine rings is 1. The molecule has 8 nitrogen and oxygen atoms in total. The highest BCUT2D eigenvalue weighted by atomic mass is 35.5. The van der Waals surface area contributed by atoms with Crippen molar-refractivity contribution in [2.45, 2.75) is 31.7 Å². The molecule has 3 aromatic rings. The largest absolute Gasteiger partial charge is 0.381 e. The number of nitrogens with zero attached hydrogens (tertiary/aromatic N) is 5. The first-order valence-electron chi connectivity index (χ1n) is 11.3. The molecule has 0 aliphatic carbocycles. The molecule has 172 valence electrons. The van der Waals surface area contributed by atoms with Gasteiger partial charge in [-0.1, -0.05) is 17.7 Å². The molecule has 1 fully saturated rings. The molecule has 4 heterocycles. The Labute approximate surface area is 202 Å². The Hall–Kier alpha value is -3.54. The van der Waals surface area contributed by atoms with E-state index in [0.29, 0.717) is 40.9 Å². The summed E-state index contributed by atoms with van der Waals surface area (Å²) in [5.74, 6) is 0.455. The SMILES string of the molecule is N#Cc1cc(-c2ccnc(NC3CCOCC3)n2)cc2c1N(C(=O)Cc1cccnc1Cl)CC2. The number of aromatic nitrogens is 3. The number of nitriles is 1. The molecule has 1 amide bonds. The van der Waals surface area contributed by atoms with Crippen molar-refractivity contribution in [3.05, 3.63) is 64.6 Å². The number of fused-ring (bicyclic) bond motifs is 1. The van der Waals surface area contributed by atoms with Crippen molar-refractivity contribution in [1.29, 1.82) is 5.26 Å². The van der Waals surface area contributed by atoms with Gasteiger partial charge in [0.15, 0.2) is 0 Å². The molecule has 0 unspecified atom stereocenters. The van der Waals surface area contributed by atoms with E-state index in [1.807, 2.05) is 12.1 Å². The number of halogens is 1. The van der Waals surface area contributed by atoms with Crippen LogP contribution in [-0.2, 0) is 22.4 Å². The predicted molar refractivity (Wildman–Crippen MR) is 129 cm³/mol. The molecule has 1 aromatic carbocycles. The summed E-state index contributed by atoms with van der Waals surface area (Å²) < 4.78 is 5.41. The van der Waals surface area contributed by atoms with E-state index in [0.717, 1.165) is 42.9 Å². The van der Waals surface area contributed by atoms with Gasteiger partial charge in [-0.05, 0) is 54.7 Å². The van der Waals surface area contributed by atoms with Crippen molar-refractivity contribution in [1.82, 2.24) is 15.0 Å². The lowest BCUT2D eigenvalue weighted by molar-refractivity contribution is -0.117. The predicted octanol–water partition coefficient (Wildman–Crippen LogP) is 3.79. The van der Waals surface area contributed by atoms with Crippen LogP contribution in [0.5, 0.6) is 0 Å². The molecule has 1 N–H and O–H groups in total. The number of amides is 1. The van der Waals surface area contributed by atoms with Gasteiger partial charge in [-0.25, -0.2) is 15.0 Å². The average molecular weight is 475 g/mol. The second kappa shape index (κ2) is 9.75. The maximum Gasteiger partial charge on any atom is 0.231 e. The zero-order chi connectivity index (χ0) is 23.5. The second-order valence-electron chi connectivity index (χ2n) is 8.37. The van der Waals surface area contributed by atoms with Crippen LogP contribution in [0.3, 0.4) is 0 Å². The van der Waals surface area contributed by atoms with Crippen LogP contribution in [0.2, 0.25) is 5.15 Å². The molecule has 2 aromatic heterocycles. The van der Waals surface area contributed by atoms with Gasteiger partial charge in [0.05, 0.1) is 23.4 Å². The number of ether oxygens (including phenoxy) is 1. The van der Waals surface area contributed by atoms with Crippen molar-refractivity contribution in [3.8, 4) is 17.3 Å². The molecule has 0 atom stereocenters. The third-order valence-corrected chi connectivity index (χ3v) is 6.51. The van der Waals surface area contributed by atoms with Gasteiger partial charge in [-0.2, -0.15) is 5.26 Å². The molecule has 0 radical (unpaired) electrons. The Morgan fingerprint density at radius 1 is 1.24 bits per heavy atom. The van der Waals surface area contributed by atoms with E-state index in [9.17, 15) is 10.1 Å². The Morgan fingerprint density at radius 2 is 2.09 bits per heavy atom. The number of benzene rings is 1. The lowest BCUT2D eigenvalue weighted by Gasteiger charge is -2.23. The minimum Gasteiger partial charge on any atom is -0.381 e. The van der Waals surface area contributed by atoms with E-state index in [-0.39, 0.29) is 18.4 Å². The molecule has 0 bridgehead atoms. The van der Waals surface area contributed by atoms with Crippen molar-refractivity contribution < 1.29 is 9.53 Å².